The summed E-state index contributed by atoms with van der Waals surface area (Å²) in [4.78, 5) is 28.8. The number of aliphatic hydroxyl groups excluding tert-OH is 1. The highest BCUT2D eigenvalue weighted by molar-refractivity contribution is 5.87. The van der Waals surface area contributed by atoms with Gasteiger partial charge in [0.25, 0.3) is 0 Å². The largest absolute Gasteiger partial charge is 0.393 e. The molecule has 7 nitrogen and oxygen atoms in total. The number of nitrogens with one attached hydrogen (secondary N) is 1. The van der Waals surface area contributed by atoms with Crippen LogP contribution in [0.15, 0.2) is 30.3 Å². The number of benzene rings is 1. The van der Waals surface area contributed by atoms with Gasteiger partial charge < -0.3 is 14.9 Å². The predicted molar refractivity (Wildman–Crippen MR) is 92.0 cm³/mol. The van der Waals surface area contributed by atoms with E-state index in [1.807, 2.05) is 18.2 Å². The Hall–Kier alpha value is -2.12. The van der Waals surface area contributed by atoms with Gasteiger partial charge in [0.1, 0.15) is 0 Å². The van der Waals surface area contributed by atoms with Crippen molar-refractivity contribution >= 4 is 17.5 Å². The van der Waals surface area contributed by atoms with Crippen molar-refractivity contribution in [2.45, 2.75) is 25.4 Å². The van der Waals surface area contributed by atoms with Gasteiger partial charge in [-0.2, -0.15) is 0 Å². The Morgan fingerprint density at radius 1 is 1.00 bits per heavy atom. The first-order valence-electron chi connectivity index (χ1n) is 8.81. The summed E-state index contributed by atoms with van der Waals surface area (Å²) in [6.45, 7) is 2.73. The number of carbonyl (C=O) groups excluding carboxylic acids is 2. The number of amides is 2. The number of carbonyl (C=O) groups is 2. The zero-order chi connectivity index (χ0) is 17.8. The highest BCUT2D eigenvalue weighted by atomic mass is 16.5. The Balaban J connectivity index is 1.62. The molecule has 1 heterocycles. The van der Waals surface area contributed by atoms with E-state index in [-0.39, 0.29) is 12.3 Å². The molecule has 1 aliphatic heterocycles. The summed E-state index contributed by atoms with van der Waals surface area (Å²) in [5.74, 6) is -1.78. The van der Waals surface area contributed by atoms with Crippen molar-refractivity contribution in [2.75, 3.05) is 31.1 Å². The van der Waals surface area contributed by atoms with Gasteiger partial charge in [-0.15, -0.1) is 0 Å². The first-order valence-corrected chi connectivity index (χ1v) is 8.81. The van der Waals surface area contributed by atoms with Gasteiger partial charge in [-0.25, -0.2) is 5.48 Å². The summed E-state index contributed by atoms with van der Waals surface area (Å²) in [6, 6.07) is 10.1. The molecule has 0 spiro atoms. The SMILES string of the molecule is O=C(NO)[C@H]1C[C@@H](O)CC[C@@H]1C(=O)N1CCN(c2ccccc2)CC1. The van der Waals surface area contributed by atoms with Crippen molar-refractivity contribution in [3.05, 3.63) is 30.3 Å². The number of piperazine rings is 1. The van der Waals surface area contributed by atoms with E-state index in [2.05, 4.69) is 17.0 Å². The van der Waals surface area contributed by atoms with Crippen molar-refractivity contribution in [3.63, 3.8) is 0 Å². The molecule has 0 unspecified atom stereocenters. The first kappa shape index (κ1) is 17.7. The molecule has 3 rings (SSSR count). The van der Waals surface area contributed by atoms with Crippen LogP contribution in [-0.2, 0) is 9.59 Å². The number of para-hydroxylation sites is 1. The van der Waals surface area contributed by atoms with Crippen molar-refractivity contribution in [3.8, 4) is 0 Å². The van der Waals surface area contributed by atoms with Crippen molar-refractivity contribution < 1.29 is 19.9 Å². The van der Waals surface area contributed by atoms with Crippen LogP contribution in [0.1, 0.15) is 19.3 Å². The number of anilines is 1. The van der Waals surface area contributed by atoms with Gasteiger partial charge in [-0.3, -0.25) is 14.8 Å². The van der Waals surface area contributed by atoms with E-state index in [0.29, 0.717) is 25.9 Å². The van der Waals surface area contributed by atoms with Crippen LogP contribution >= 0.6 is 0 Å². The zero-order valence-corrected chi connectivity index (χ0v) is 14.2. The van der Waals surface area contributed by atoms with Gasteiger partial charge in [0, 0.05) is 37.8 Å². The van der Waals surface area contributed by atoms with E-state index in [4.69, 9.17) is 5.21 Å². The molecule has 7 heteroatoms. The maximum atomic E-state index is 12.9. The van der Waals surface area contributed by atoms with Crippen LogP contribution in [0.25, 0.3) is 0 Å². The standard InChI is InChI=1S/C18H25N3O4/c22-14-6-7-15(16(12-14)17(23)19-25)18(24)21-10-8-20(9-11-21)13-4-2-1-3-5-13/h1-5,14-16,22,25H,6-12H2,(H,19,23)/t14-,15-,16-/m0/s1. The molecule has 25 heavy (non-hydrogen) atoms. The summed E-state index contributed by atoms with van der Waals surface area (Å²) in [5.41, 5.74) is 2.79. The van der Waals surface area contributed by atoms with Crippen molar-refractivity contribution in [2.24, 2.45) is 11.8 Å². The highest BCUT2D eigenvalue weighted by Crippen LogP contribution is 2.32. The molecular formula is C18H25N3O4. The zero-order valence-electron chi connectivity index (χ0n) is 14.2. The molecule has 136 valence electrons. The lowest BCUT2D eigenvalue weighted by molar-refractivity contribution is -0.149. The smallest absolute Gasteiger partial charge is 0.247 e. The van der Waals surface area contributed by atoms with Crippen molar-refractivity contribution in [1.29, 1.82) is 0 Å². The minimum atomic E-state index is -0.673. The molecule has 1 aromatic rings. The van der Waals surface area contributed by atoms with Gasteiger partial charge in [-0.1, -0.05) is 18.2 Å². The average molecular weight is 347 g/mol. The molecule has 2 amide bonds. The van der Waals surface area contributed by atoms with Gasteiger partial charge in [0.2, 0.25) is 11.8 Å². The third kappa shape index (κ3) is 3.93. The molecular weight excluding hydrogens is 322 g/mol. The van der Waals surface area contributed by atoms with E-state index in [1.165, 1.54) is 0 Å². The average Bonchev–Trinajstić information content (AvgIpc) is 2.67. The predicted octanol–water partition coefficient (Wildman–Crippen LogP) is 0.618. The monoisotopic (exact) mass is 347 g/mol. The molecule has 1 aliphatic carbocycles. The van der Waals surface area contributed by atoms with Crippen LogP contribution < -0.4 is 10.4 Å². The third-order valence-electron chi connectivity index (χ3n) is 5.30. The van der Waals surface area contributed by atoms with Crippen LogP contribution in [0.5, 0.6) is 0 Å². The Labute approximate surface area is 147 Å². The Morgan fingerprint density at radius 3 is 2.32 bits per heavy atom. The molecule has 2 fully saturated rings. The quantitative estimate of drug-likeness (QED) is 0.550. The fourth-order valence-corrected chi connectivity index (χ4v) is 3.87. The Bertz CT molecular complexity index is 602. The highest BCUT2D eigenvalue weighted by Gasteiger charge is 2.41. The number of aliphatic hydroxyl groups is 1. The fourth-order valence-electron chi connectivity index (χ4n) is 3.87. The Morgan fingerprint density at radius 2 is 1.68 bits per heavy atom. The minimum Gasteiger partial charge on any atom is -0.393 e. The first-order chi connectivity index (χ1) is 12.1. The second kappa shape index (κ2) is 7.84. The molecule has 0 bridgehead atoms. The van der Waals surface area contributed by atoms with Gasteiger partial charge in [-0.05, 0) is 31.4 Å². The van der Waals surface area contributed by atoms with E-state index in [9.17, 15) is 14.7 Å². The second-order valence-electron chi connectivity index (χ2n) is 6.80. The molecule has 0 radical (unpaired) electrons. The number of rotatable bonds is 3. The lowest BCUT2D eigenvalue weighted by Gasteiger charge is -2.40. The molecule has 2 aliphatic rings. The fraction of sp³-hybridized carbons (Fsp3) is 0.556. The van der Waals surface area contributed by atoms with E-state index in [1.54, 1.807) is 10.4 Å². The van der Waals surface area contributed by atoms with Crippen molar-refractivity contribution in [1.82, 2.24) is 10.4 Å². The topological polar surface area (TPSA) is 93.1 Å². The summed E-state index contributed by atoms with van der Waals surface area (Å²) in [5, 5.41) is 18.7. The molecule has 1 saturated carbocycles. The summed E-state index contributed by atoms with van der Waals surface area (Å²) >= 11 is 0. The van der Waals surface area contributed by atoms with Gasteiger partial charge >= 0.3 is 0 Å². The second-order valence-corrected chi connectivity index (χ2v) is 6.80. The molecule has 0 aromatic heterocycles. The number of hydrogen-bond donors (Lipinski definition) is 3. The number of hydroxylamine groups is 1. The van der Waals surface area contributed by atoms with E-state index < -0.39 is 23.8 Å². The molecule has 3 atom stereocenters. The third-order valence-corrected chi connectivity index (χ3v) is 5.30. The van der Waals surface area contributed by atoms with Gasteiger partial charge in [0.15, 0.2) is 0 Å². The van der Waals surface area contributed by atoms with E-state index >= 15 is 0 Å². The molecule has 1 aromatic carbocycles. The van der Waals surface area contributed by atoms with Crippen LogP contribution in [0, 0.1) is 11.8 Å². The number of hydrogen-bond acceptors (Lipinski definition) is 5. The summed E-state index contributed by atoms with van der Waals surface area (Å²) < 4.78 is 0. The lowest BCUT2D eigenvalue weighted by atomic mass is 9.76. The lowest BCUT2D eigenvalue weighted by Crippen LogP contribution is -2.53. The maximum absolute atomic E-state index is 12.9. The van der Waals surface area contributed by atoms with Gasteiger partial charge in [0.05, 0.1) is 12.0 Å². The normalized spacial score (nSPS) is 27.0. The molecule has 3 N–H and O–H groups in total. The van der Waals surface area contributed by atoms with Crippen LogP contribution in [-0.4, -0.2) is 59.3 Å². The molecule has 1 saturated heterocycles. The van der Waals surface area contributed by atoms with E-state index in [0.717, 1.165) is 18.8 Å². The maximum Gasteiger partial charge on any atom is 0.247 e. The van der Waals surface area contributed by atoms with Crippen LogP contribution in [0.4, 0.5) is 5.69 Å². The Kier molecular flexibility index (Phi) is 5.55. The minimum absolute atomic E-state index is 0.0480. The van der Waals surface area contributed by atoms with Crippen LogP contribution in [0.3, 0.4) is 0 Å². The summed E-state index contributed by atoms with van der Waals surface area (Å²) in [7, 11) is 0. The number of nitrogens with zero attached hydrogens (tertiary/aromatic N) is 2. The van der Waals surface area contributed by atoms with Crippen LogP contribution in [0.2, 0.25) is 0 Å². The summed E-state index contributed by atoms with van der Waals surface area (Å²) in [6.07, 6.45) is 0.598.